The number of carboxylic acid groups (broad SMARTS) is 1. The summed E-state index contributed by atoms with van der Waals surface area (Å²) in [6.45, 7) is 6.90. The average Bonchev–Trinajstić information content (AvgIpc) is 3.14. The third-order valence-corrected chi connectivity index (χ3v) is 6.26. The zero-order valence-corrected chi connectivity index (χ0v) is 18.6. The number of aryl methyl sites for hydroxylation is 2. The lowest BCUT2D eigenvalue weighted by atomic mass is 9.98. The van der Waals surface area contributed by atoms with Gasteiger partial charge in [-0.15, -0.1) is 23.7 Å². The Balaban J connectivity index is 0.00000300. The lowest BCUT2D eigenvalue weighted by Crippen LogP contribution is -2.40. The number of piperidine rings is 1. The predicted octanol–water partition coefficient (Wildman–Crippen LogP) is 4.61. The maximum absolute atomic E-state index is 11.2. The minimum atomic E-state index is -0.699. The summed E-state index contributed by atoms with van der Waals surface area (Å²) in [5.41, 5.74) is 4.43. The summed E-state index contributed by atoms with van der Waals surface area (Å²) in [5.74, 6) is -0.965. The van der Waals surface area contributed by atoms with Crippen LogP contribution >= 0.6 is 23.7 Å². The lowest BCUT2D eigenvalue weighted by molar-refractivity contribution is -0.143. The highest BCUT2D eigenvalue weighted by atomic mass is 35.5. The number of hydrogen-bond acceptors (Lipinski definition) is 5. The Morgan fingerprint density at radius 2 is 2.14 bits per heavy atom. The van der Waals surface area contributed by atoms with E-state index in [1.807, 2.05) is 6.07 Å². The van der Waals surface area contributed by atoms with Gasteiger partial charge < -0.3 is 9.94 Å². The number of oxime groups is 1. The van der Waals surface area contributed by atoms with E-state index >= 15 is 0 Å². The highest BCUT2D eigenvalue weighted by Crippen LogP contribution is 2.23. The van der Waals surface area contributed by atoms with Crippen LogP contribution in [0.2, 0.25) is 0 Å². The van der Waals surface area contributed by atoms with Crippen molar-refractivity contribution in [2.45, 2.75) is 33.1 Å². The Bertz CT molecular complexity index is 837. The highest BCUT2D eigenvalue weighted by Gasteiger charge is 2.25. The molecule has 1 saturated heterocycles. The predicted molar refractivity (Wildman–Crippen MR) is 121 cm³/mol. The smallest absolute Gasteiger partial charge is 0.307 e. The summed E-state index contributed by atoms with van der Waals surface area (Å²) in [6.07, 6.45) is 2.62. The molecule has 2 heterocycles. The molecule has 0 unspecified atom stereocenters. The number of carboxylic acids is 1. The fraction of sp³-hybridized carbons (Fsp3) is 0.455. The van der Waals surface area contributed by atoms with Gasteiger partial charge in [0.15, 0.2) is 0 Å². The standard InChI is InChI=1S/C22H28N2O3S.ClH/c1-3-17-7-4-5-9-19(17)20(21-16(2)10-14-28-21)23-27-13-12-24-11-6-8-18(15-24)22(25)26;/h4-5,7,9-10,14,18H,3,6,8,11-13,15H2,1-2H3,(H,25,26);1H/b23-20+;/t18-;/m1./s1. The van der Waals surface area contributed by atoms with E-state index in [-0.39, 0.29) is 18.3 Å². The number of carbonyl (C=O) groups is 1. The molecule has 0 saturated carbocycles. The molecule has 1 aromatic heterocycles. The molecule has 7 heteroatoms. The van der Waals surface area contributed by atoms with Crippen LogP contribution in [0, 0.1) is 12.8 Å². The van der Waals surface area contributed by atoms with Gasteiger partial charge in [0.05, 0.1) is 10.8 Å². The van der Waals surface area contributed by atoms with Crippen LogP contribution < -0.4 is 0 Å². The first kappa shape index (κ1) is 23.4. The molecule has 1 fully saturated rings. The van der Waals surface area contributed by atoms with E-state index < -0.39 is 5.97 Å². The Labute approximate surface area is 182 Å². The maximum Gasteiger partial charge on any atom is 0.307 e. The molecule has 0 spiro atoms. The van der Waals surface area contributed by atoms with Gasteiger partial charge in [-0.25, -0.2) is 0 Å². The number of thiophene rings is 1. The van der Waals surface area contributed by atoms with E-state index in [0.29, 0.717) is 19.7 Å². The van der Waals surface area contributed by atoms with Crippen molar-refractivity contribution in [3.63, 3.8) is 0 Å². The Kier molecular flexibility index (Phi) is 9.14. The van der Waals surface area contributed by atoms with Gasteiger partial charge in [-0.3, -0.25) is 9.69 Å². The summed E-state index contributed by atoms with van der Waals surface area (Å²) in [7, 11) is 0. The van der Waals surface area contributed by atoms with Gasteiger partial charge in [-0.2, -0.15) is 0 Å². The number of benzene rings is 1. The second-order valence-electron chi connectivity index (χ2n) is 7.19. The van der Waals surface area contributed by atoms with Crippen LogP contribution in [0.5, 0.6) is 0 Å². The molecule has 0 bridgehead atoms. The van der Waals surface area contributed by atoms with E-state index in [9.17, 15) is 9.90 Å². The first-order valence-electron chi connectivity index (χ1n) is 9.88. The zero-order chi connectivity index (χ0) is 19.9. The summed E-state index contributed by atoms with van der Waals surface area (Å²) >= 11 is 1.67. The van der Waals surface area contributed by atoms with Gasteiger partial charge in [0.1, 0.15) is 12.3 Å². The van der Waals surface area contributed by atoms with Crippen molar-refractivity contribution in [1.29, 1.82) is 0 Å². The van der Waals surface area contributed by atoms with Crippen molar-refractivity contribution in [3.05, 3.63) is 57.3 Å². The van der Waals surface area contributed by atoms with Crippen LogP contribution in [-0.2, 0) is 16.1 Å². The van der Waals surface area contributed by atoms with Crippen LogP contribution in [0.4, 0.5) is 0 Å². The molecule has 0 radical (unpaired) electrons. The Morgan fingerprint density at radius 1 is 1.34 bits per heavy atom. The van der Waals surface area contributed by atoms with Crippen LogP contribution in [0.25, 0.3) is 0 Å². The Hall–Kier alpha value is -1.89. The van der Waals surface area contributed by atoms with E-state index in [1.165, 1.54) is 11.1 Å². The van der Waals surface area contributed by atoms with Crippen molar-refractivity contribution in [3.8, 4) is 0 Å². The number of likely N-dealkylation sites (tertiary alicyclic amines) is 1. The van der Waals surface area contributed by atoms with Crippen molar-refractivity contribution < 1.29 is 14.7 Å². The minimum absolute atomic E-state index is 0. The highest BCUT2D eigenvalue weighted by molar-refractivity contribution is 7.12. The quantitative estimate of drug-likeness (QED) is 0.373. The maximum atomic E-state index is 11.2. The van der Waals surface area contributed by atoms with Crippen LogP contribution in [-0.4, -0.2) is 47.9 Å². The molecule has 1 N–H and O–H groups in total. The first-order valence-corrected chi connectivity index (χ1v) is 10.8. The minimum Gasteiger partial charge on any atom is -0.481 e. The van der Waals surface area contributed by atoms with Crippen LogP contribution in [0.3, 0.4) is 0 Å². The van der Waals surface area contributed by atoms with E-state index in [1.54, 1.807) is 11.3 Å². The second kappa shape index (κ2) is 11.3. The normalized spacial score (nSPS) is 17.6. The molecule has 1 atom stereocenters. The molecule has 1 aliphatic rings. The van der Waals surface area contributed by atoms with Gasteiger partial charge in [-0.1, -0.05) is 36.3 Å². The van der Waals surface area contributed by atoms with E-state index in [0.717, 1.165) is 42.0 Å². The summed E-state index contributed by atoms with van der Waals surface area (Å²) in [4.78, 5) is 20.2. The molecule has 29 heavy (non-hydrogen) atoms. The number of aliphatic carboxylic acids is 1. The number of hydrogen-bond donors (Lipinski definition) is 1. The van der Waals surface area contributed by atoms with Gasteiger partial charge in [0.2, 0.25) is 0 Å². The fourth-order valence-electron chi connectivity index (χ4n) is 3.63. The Morgan fingerprint density at radius 3 is 2.83 bits per heavy atom. The average molecular weight is 437 g/mol. The van der Waals surface area contributed by atoms with Crippen molar-refractivity contribution >= 4 is 35.4 Å². The van der Waals surface area contributed by atoms with Gasteiger partial charge in [0.25, 0.3) is 0 Å². The van der Waals surface area contributed by atoms with Gasteiger partial charge in [-0.05, 0) is 55.3 Å². The lowest BCUT2D eigenvalue weighted by Gasteiger charge is -2.29. The first-order chi connectivity index (χ1) is 13.6. The molecule has 1 aliphatic heterocycles. The largest absolute Gasteiger partial charge is 0.481 e. The molecule has 1 aromatic carbocycles. The molecule has 3 rings (SSSR count). The zero-order valence-electron chi connectivity index (χ0n) is 17.0. The second-order valence-corrected chi connectivity index (χ2v) is 8.11. The molecule has 0 aliphatic carbocycles. The molecular weight excluding hydrogens is 408 g/mol. The molecular formula is C22H29ClN2O3S. The van der Waals surface area contributed by atoms with Crippen LogP contribution in [0.15, 0.2) is 40.9 Å². The molecule has 5 nitrogen and oxygen atoms in total. The van der Waals surface area contributed by atoms with Gasteiger partial charge in [0, 0.05) is 18.7 Å². The van der Waals surface area contributed by atoms with E-state index in [2.05, 4.69) is 53.5 Å². The summed E-state index contributed by atoms with van der Waals surface area (Å²) in [5, 5.41) is 15.8. The molecule has 2 aromatic rings. The van der Waals surface area contributed by atoms with Crippen molar-refractivity contribution in [2.24, 2.45) is 11.1 Å². The number of halogens is 1. The number of nitrogens with zero attached hydrogens (tertiary/aromatic N) is 2. The third kappa shape index (κ3) is 6.04. The van der Waals surface area contributed by atoms with E-state index in [4.69, 9.17) is 4.84 Å². The van der Waals surface area contributed by atoms with Crippen molar-refractivity contribution in [1.82, 2.24) is 4.90 Å². The topological polar surface area (TPSA) is 62.1 Å². The summed E-state index contributed by atoms with van der Waals surface area (Å²) in [6, 6.07) is 10.4. The SMILES string of the molecule is CCc1ccccc1/C(=N\OCCN1CCC[C@@H](C(=O)O)C1)c1sccc1C.Cl. The molecule has 158 valence electrons. The van der Waals surface area contributed by atoms with Crippen LogP contribution in [0.1, 0.15) is 41.3 Å². The van der Waals surface area contributed by atoms with Gasteiger partial charge >= 0.3 is 5.97 Å². The fourth-order valence-corrected chi connectivity index (χ4v) is 4.55. The monoisotopic (exact) mass is 436 g/mol. The molecule has 0 amide bonds. The number of rotatable bonds is 8. The third-order valence-electron chi connectivity index (χ3n) is 5.24. The summed E-state index contributed by atoms with van der Waals surface area (Å²) < 4.78 is 0. The van der Waals surface area contributed by atoms with Crippen molar-refractivity contribution in [2.75, 3.05) is 26.2 Å².